The van der Waals surface area contributed by atoms with Crippen molar-refractivity contribution in [1.29, 1.82) is 0 Å². The molecule has 38 heavy (non-hydrogen) atoms. The molecule has 8 rings (SSSR count). The van der Waals surface area contributed by atoms with Gasteiger partial charge in [-0.25, -0.2) is 0 Å². The topological polar surface area (TPSA) is 0 Å². The maximum Gasteiger partial charge on any atom is -0.00201 e. The Labute approximate surface area is 221 Å². The molecule has 0 unspecified atom stereocenters. The number of hydrogen-bond acceptors (Lipinski definition) is 0. The molecular weight excluding hydrogens is 456 g/mol. The lowest BCUT2D eigenvalue weighted by molar-refractivity contribution is 1.66. The molecule has 0 radical (unpaired) electrons. The molecule has 8 aromatic carbocycles. The summed E-state index contributed by atoms with van der Waals surface area (Å²) in [6, 6.07) is 53.4. The molecule has 0 aliphatic carbocycles. The monoisotopic (exact) mass is 480 g/mol. The van der Waals surface area contributed by atoms with Crippen molar-refractivity contribution in [1.82, 2.24) is 0 Å². The van der Waals surface area contributed by atoms with Gasteiger partial charge in [-0.3, -0.25) is 0 Å². The maximum absolute atomic E-state index is 2.38. The second-order valence-electron chi connectivity index (χ2n) is 10.1. The van der Waals surface area contributed by atoms with Gasteiger partial charge >= 0.3 is 0 Å². The van der Waals surface area contributed by atoms with Crippen LogP contribution in [0.25, 0.3) is 76.1 Å². The van der Waals surface area contributed by atoms with E-state index in [0.717, 1.165) is 0 Å². The highest BCUT2D eigenvalue weighted by molar-refractivity contribution is 6.18. The number of fused-ring (bicyclic) bond motifs is 6. The molecule has 0 nitrogen and oxygen atoms in total. The Morgan fingerprint density at radius 3 is 1.66 bits per heavy atom. The van der Waals surface area contributed by atoms with E-state index in [9.17, 15) is 0 Å². The molecule has 0 heteroatoms. The lowest BCUT2D eigenvalue weighted by atomic mass is 9.85. The molecule has 0 aliphatic heterocycles. The van der Waals surface area contributed by atoms with Crippen molar-refractivity contribution in [2.24, 2.45) is 0 Å². The lowest BCUT2D eigenvalue weighted by Crippen LogP contribution is -1.91. The third kappa shape index (κ3) is 3.17. The minimum atomic E-state index is 1.26. The second kappa shape index (κ2) is 8.30. The van der Waals surface area contributed by atoms with Crippen molar-refractivity contribution < 1.29 is 0 Å². The molecule has 0 N–H and O–H groups in total. The van der Waals surface area contributed by atoms with Crippen LogP contribution in [-0.2, 0) is 0 Å². The first-order valence-corrected chi connectivity index (χ1v) is 13.2. The Morgan fingerprint density at radius 2 is 0.816 bits per heavy atom. The first-order chi connectivity index (χ1) is 18.8. The molecular formula is C38H24. The van der Waals surface area contributed by atoms with Crippen molar-refractivity contribution in [3.05, 3.63) is 146 Å². The van der Waals surface area contributed by atoms with Crippen LogP contribution in [0.2, 0.25) is 0 Å². The summed E-state index contributed by atoms with van der Waals surface area (Å²) in [5, 5.41) is 12.8. The zero-order valence-electron chi connectivity index (χ0n) is 20.9. The summed E-state index contributed by atoms with van der Waals surface area (Å²) in [7, 11) is 0. The Morgan fingerprint density at radius 1 is 0.237 bits per heavy atom. The van der Waals surface area contributed by atoms with Crippen molar-refractivity contribution in [3.8, 4) is 22.3 Å². The highest BCUT2D eigenvalue weighted by Crippen LogP contribution is 2.44. The van der Waals surface area contributed by atoms with Gasteiger partial charge in [0.2, 0.25) is 0 Å². The van der Waals surface area contributed by atoms with Gasteiger partial charge in [-0.05, 0) is 88.2 Å². The molecule has 0 saturated carbocycles. The summed E-state index contributed by atoms with van der Waals surface area (Å²) >= 11 is 0. The average molecular weight is 481 g/mol. The van der Waals surface area contributed by atoms with E-state index in [-0.39, 0.29) is 0 Å². The van der Waals surface area contributed by atoms with Gasteiger partial charge in [0.25, 0.3) is 0 Å². The normalized spacial score (nSPS) is 11.7. The Bertz CT molecular complexity index is 2180. The van der Waals surface area contributed by atoms with Gasteiger partial charge in [-0.2, -0.15) is 0 Å². The van der Waals surface area contributed by atoms with Crippen molar-refractivity contribution >= 4 is 53.9 Å². The predicted molar refractivity (Wildman–Crippen MR) is 165 cm³/mol. The van der Waals surface area contributed by atoms with Crippen LogP contribution in [0.5, 0.6) is 0 Å². The van der Waals surface area contributed by atoms with Gasteiger partial charge in [-0.15, -0.1) is 0 Å². The highest BCUT2D eigenvalue weighted by atomic mass is 14.2. The lowest BCUT2D eigenvalue weighted by Gasteiger charge is -2.18. The Balaban J connectivity index is 1.56. The Kier molecular flexibility index (Phi) is 4.62. The second-order valence-corrected chi connectivity index (χ2v) is 10.1. The van der Waals surface area contributed by atoms with E-state index in [1.807, 2.05) is 0 Å². The quantitative estimate of drug-likeness (QED) is 0.170. The van der Waals surface area contributed by atoms with Crippen molar-refractivity contribution in [2.45, 2.75) is 0 Å². The van der Waals surface area contributed by atoms with E-state index in [2.05, 4.69) is 146 Å². The van der Waals surface area contributed by atoms with Crippen LogP contribution in [0, 0.1) is 0 Å². The van der Waals surface area contributed by atoms with Crippen LogP contribution in [0.4, 0.5) is 0 Å². The van der Waals surface area contributed by atoms with Gasteiger partial charge in [-0.1, -0.05) is 133 Å². The van der Waals surface area contributed by atoms with Gasteiger partial charge in [0.1, 0.15) is 0 Å². The molecule has 0 saturated heterocycles. The predicted octanol–water partition coefficient (Wildman–Crippen LogP) is 10.8. The summed E-state index contributed by atoms with van der Waals surface area (Å²) < 4.78 is 0. The fourth-order valence-electron chi connectivity index (χ4n) is 6.25. The SMILES string of the molecule is c1ccc2cc3c(-c4cccc5c4ccc4ccccc45)c(-c4cccc5ccccc45)ccc3cc2c1. The van der Waals surface area contributed by atoms with Crippen LogP contribution in [0.1, 0.15) is 0 Å². The number of hydrogen-bond donors (Lipinski definition) is 0. The molecule has 0 heterocycles. The molecule has 0 spiro atoms. The standard InChI is InChI=1S/C38H24/c1-2-12-28-24-37-29(23-27(28)11-1)20-22-36(33-16-7-13-25-9-3-5-14-30(25)33)38(37)35-18-8-17-32-31-15-6-4-10-26(31)19-21-34(32)35/h1-24H. The summed E-state index contributed by atoms with van der Waals surface area (Å²) in [6.45, 7) is 0. The summed E-state index contributed by atoms with van der Waals surface area (Å²) in [5.74, 6) is 0. The van der Waals surface area contributed by atoms with Crippen LogP contribution in [0.3, 0.4) is 0 Å². The number of rotatable bonds is 2. The van der Waals surface area contributed by atoms with Crippen LogP contribution >= 0.6 is 0 Å². The molecule has 0 aromatic heterocycles. The van der Waals surface area contributed by atoms with Crippen molar-refractivity contribution in [2.75, 3.05) is 0 Å². The first-order valence-electron chi connectivity index (χ1n) is 13.2. The van der Waals surface area contributed by atoms with E-state index in [4.69, 9.17) is 0 Å². The molecule has 8 aromatic rings. The van der Waals surface area contributed by atoms with Gasteiger partial charge < -0.3 is 0 Å². The molecule has 0 fully saturated rings. The smallest absolute Gasteiger partial charge is 0.00201 e. The van der Waals surface area contributed by atoms with Crippen LogP contribution in [-0.4, -0.2) is 0 Å². The van der Waals surface area contributed by atoms with E-state index >= 15 is 0 Å². The van der Waals surface area contributed by atoms with E-state index < -0.39 is 0 Å². The highest BCUT2D eigenvalue weighted by Gasteiger charge is 2.17. The number of benzene rings is 8. The fourth-order valence-corrected chi connectivity index (χ4v) is 6.25. The van der Waals surface area contributed by atoms with Gasteiger partial charge in [0.15, 0.2) is 0 Å². The van der Waals surface area contributed by atoms with Crippen LogP contribution in [0.15, 0.2) is 146 Å². The maximum atomic E-state index is 2.38. The average Bonchev–Trinajstić information content (AvgIpc) is 2.99. The largest absolute Gasteiger partial charge is 0.0616 e. The summed E-state index contributed by atoms with van der Waals surface area (Å²) in [6.07, 6.45) is 0. The first kappa shape index (κ1) is 21.2. The molecule has 0 amide bonds. The third-order valence-electron chi connectivity index (χ3n) is 8.02. The summed E-state index contributed by atoms with van der Waals surface area (Å²) in [5.41, 5.74) is 5.11. The van der Waals surface area contributed by atoms with E-state index in [0.29, 0.717) is 0 Å². The molecule has 0 atom stereocenters. The molecule has 176 valence electrons. The molecule has 0 aliphatic rings. The van der Waals surface area contributed by atoms with E-state index in [1.165, 1.54) is 76.1 Å². The third-order valence-corrected chi connectivity index (χ3v) is 8.02. The summed E-state index contributed by atoms with van der Waals surface area (Å²) in [4.78, 5) is 0. The van der Waals surface area contributed by atoms with Crippen molar-refractivity contribution in [3.63, 3.8) is 0 Å². The van der Waals surface area contributed by atoms with Gasteiger partial charge in [0, 0.05) is 0 Å². The fraction of sp³-hybridized carbons (Fsp3) is 0. The Hall–Kier alpha value is -4.94. The minimum Gasteiger partial charge on any atom is -0.0616 e. The minimum absolute atomic E-state index is 1.26. The zero-order chi connectivity index (χ0) is 25.1. The molecule has 0 bridgehead atoms. The van der Waals surface area contributed by atoms with Gasteiger partial charge in [0.05, 0.1) is 0 Å². The zero-order valence-corrected chi connectivity index (χ0v) is 20.9. The van der Waals surface area contributed by atoms with Crippen LogP contribution < -0.4 is 0 Å². The van der Waals surface area contributed by atoms with E-state index in [1.54, 1.807) is 0 Å².